The SMILES string of the molecule is NCCC(=O)Nc1cn[nH]c1. The fraction of sp³-hybridized carbons (Fsp3) is 0.333. The molecule has 0 spiro atoms. The molecule has 5 heteroatoms. The third-order valence-corrected chi connectivity index (χ3v) is 1.15. The fourth-order valence-corrected chi connectivity index (χ4v) is 0.674. The predicted molar refractivity (Wildman–Crippen MR) is 40.9 cm³/mol. The highest BCUT2D eigenvalue weighted by atomic mass is 16.1. The molecule has 0 atom stereocenters. The van der Waals surface area contributed by atoms with E-state index in [-0.39, 0.29) is 5.91 Å². The van der Waals surface area contributed by atoms with Gasteiger partial charge in [-0.3, -0.25) is 9.89 Å². The highest BCUT2D eigenvalue weighted by Gasteiger charge is 1.99. The molecule has 0 aliphatic rings. The third-order valence-electron chi connectivity index (χ3n) is 1.15. The van der Waals surface area contributed by atoms with Crippen molar-refractivity contribution in [1.82, 2.24) is 10.2 Å². The summed E-state index contributed by atoms with van der Waals surface area (Å²) in [5, 5.41) is 8.86. The van der Waals surface area contributed by atoms with Crippen molar-refractivity contribution in [2.24, 2.45) is 5.73 Å². The van der Waals surface area contributed by atoms with Gasteiger partial charge in [0.25, 0.3) is 0 Å². The van der Waals surface area contributed by atoms with Crippen LogP contribution in [-0.2, 0) is 4.79 Å². The zero-order chi connectivity index (χ0) is 8.10. The molecule has 1 rings (SSSR count). The van der Waals surface area contributed by atoms with Gasteiger partial charge in [0.05, 0.1) is 11.9 Å². The number of aromatic amines is 1. The number of H-pyrrole nitrogens is 1. The summed E-state index contributed by atoms with van der Waals surface area (Å²) in [5.74, 6) is -0.0890. The first-order valence-corrected chi connectivity index (χ1v) is 3.31. The van der Waals surface area contributed by atoms with E-state index in [0.717, 1.165) is 0 Å². The second kappa shape index (κ2) is 3.72. The predicted octanol–water partition coefficient (Wildman–Crippen LogP) is -0.303. The number of amides is 1. The van der Waals surface area contributed by atoms with Gasteiger partial charge in [-0.25, -0.2) is 0 Å². The number of carbonyl (C=O) groups is 1. The average molecular weight is 154 g/mol. The van der Waals surface area contributed by atoms with E-state index in [1.54, 1.807) is 6.20 Å². The van der Waals surface area contributed by atoms with E-state index in [0.29, 0.717) is 18.7 Å². The normalized spacial score (nSPS) is 9.55. The van der Waals surface area contributed by atoms with Crippen molar-refractivity contribution in [1.29, 1.82) is 0 Å². The van der Waals surface area contributed by atoms with Gasteiger partial charge < -0.3 is 11.1 Å². The van der Waals surface area contributed by atoms with Crippen LogP contribution in [0.2, 0.25) is 0 Å². The summed E-state index contributed by atoms with van der Waals surface area (Å²) in [5.41, 5.74) is 5.84. The quantitative estimate of drug-likeness (QED) is 0.558. The van der Waals surface area contributed by atoms with E-state index in [9.17, 15) is 4.79 Å². The van der Waals surface area contributed by atoms with Crippen LogP contribution < -0.4 is 11.1 Å². The van der Waals surface area contributed by atoms with Crippen LogP contribution in [0.1, 0.15) is 6.42 Å². The Hall–Kier alpha value is -1.36. The fourth-order valence-electron chi connectivity index (χ4n) is 0.674. The minimum atomic E-state index is -0.0890. The van der Waals surface area contributed by atoms with Gasteiger partial charge in [-0.05, 0) is 0 Å². The van der Waals surface area contributed by atoms with Crippen molar-refractivity contribution in [2.45, 2.75) is 6.42 Å². The highest BCUT2D eigenvalue weighted by Crippen LogP contribution is 2.00. The van der Waals surface area contributed by atoms with Crippen molar-refractivity contribution in [3.8, 4) is 0 Å². The van der Waals surface area contributed by atoms with E-state index in [2.05, 4.69) is 15.5 Å². The summed E-state index contributed by atoms with van der Waals surface area (Å²) in [6.07, 6.45) is 3.48. The molecule has 0 saturated carbocycles. The van der Waals surface area contributed by atoms with Gasteiger partial charge in [0.15, 0.2) is 0 Å². The molecule has 60 valence electrons. The third kappa shape index (κ3) is 2.38. The lowest BCUT2D eigenvalue weighted by Gasteiger charge is -1.97. The minimum Gasteiger partial charge on any atom is -0.330 e. The number of aromatic nitrogens is 2. The molecule has 0 radical (unpaired) electrons. The topological polar surface area (TPSA) is 83.8 Å². The average Bonchev–Trinajstić information content (AvgIpc) is 2.40. The van der Waals surface area contributed by atoms with E-state index in [4.69, 9.17) is 5.73 Å². The van der Waals surface area contributed by atoms with Gasteiger partial charge >= 0.3 is 0 Å². The summed E-state index contributed by atoms with van der Waals surface area (Å²) < 4.78 is 0. The zero-order valence-corrected chi connectivity index (χ0v) is 6.00. The Morgan fingerprint density at radius 2 is 2.64 bits per heavy atom. The molecule has 1 heterocycles. The molecule has 4 N–H and O–H groups in total. The standard InChI is InChI=1S/C6H10N4O/c7-2-1-6(11)10-5-3-8-9-4-5/h3-4H,1-2,7H2,(H,8,9)(H,10,11). The number of carbonyl (C=O) groups excluding carboxylic acids is 1. The van der Waals surface area contributed by atoms with Gasteiger partial charge in [0, 0.05) is 19.2 Å². The maximum Gasteiger partial charge on any atom is 0.225 e. The van der Waals surface area contributed by atoms with Gasteiger partial charge in [0.2, 0.25) is 5.91 Å². The van der Waals surface area contributed by atoms with Gasteiger partial charge in [-0.15, -0.1) is 0 Å². The van der Waals surface area contributed by atoms with Crippen LogP contribution in [0.15, 0.2) is 12.4 Å². The van der Waals surface area contributed by atoms with Crippen molar-refractivity contribution in [2.75, 3.05) is 11.9 Å². The summed E-state index contributed by atoms with van der Waals surface area (Å²) in [6.45, 7) is 0.365. The second-order valence-electron chi connectivity index (χ2n) is 2.07. The monoisotopic (exact) mass is 154 g/mol. The number of hydrogen-bond acceptors (Lipinski definition) is 3. The van der Waals surface area contributed by atoms with Crippen LogP contribution in [-0.4, -0.2) is 22.6 Å². The van der Waals surface area contributed by atoms with Crippen LogP contribution in [0.5, 0.6) is 0 Å². The molecule has 5 nitrogen and oxygen atoms in total. The van der Waals surface area contributed by atoms with Crippen molar-refractivity contribution >= 4 is 11.6 Å². The minimum absolute atomic E-state index is 0.0890. The molecule has 0 bridgehead atoms. The van der Waals surface area contributed by atoms with E-state index in [1.807, 2.05) is 0 Å². The Balaban J connectivity index is 2.37. The van der Waals surface area contributed by atoms with E-state index in [1.165, 1.54) is 6.20 Å². The van der Waals surface area contributed by atoms with Crippen LogP contribution in [0, 0.1) is 0 Å². The Kier molecular flexibility index (Phi) is 2.62. The largest absolute Gasteiger partial charge is 0.330 e. The first-order valence-electron chi connectivity index (χ1n) is 3.31. The van der Waals surface area contributed by atoms with Gasteiger partial charge in [-0.1, -0.05) is 0 Å². The van der Waals surface area contributed by atoms with E-state index >= 15 is 0 Å². The molecule has 11 heavy (non-hydrogen) atoms. The number of nitrogens with two attached hydrogens (primary N) is 1. The Bertz CT molecular complexity index is 218. The lowest BCUT2D eigenvalue weighted by atomic mass is 10.4. The molecule has 0 aliphatic carbocycles. The van der Waals surface area contributed by atoms with Crippen molar-refractivity contribution < 1.29 is 4.79 Å². The van der Waals surface area contributed by atoms with Gasteiger partial charge in [0.1, 0.15) is 0 Å². The van der Waals surface area contributed by atoms with Crippen molar-refractivity contribution in [3.63, 3.8) is 0 Å². The first-order chi connectivity index (χ1) is 5.33. The smallest absolute Gasteiger partial charge is 0.225 e. The number of hydrogen-bond donors (Lipinski definition) is 3. The maximum atomic E-state index is 10.9. The van der Waals surface area contributed by atoms with E-state index < -0.39 is 0 Å². The molecule has 1 aromatic rings. The summed E-state index contributed by atoms with van der Waals surface area (Å²) in [7, 11) is 0. The summed E-state index contributed by atoms with van der Waals surface area (Å²) in [4.78, 5) is 10.9. The number of nitrogens with one attached hydrogen (secondary N) is 2. The number of anilines is 1. The molecule has 0 saturated heterocycles. The Labute approximate surface area is 64.0 Å². The maximum absolute atomic E-state index is 10.9. The number of nitrogens with zero attached hydrogens (tertiary/aromatic N) is 1. The summed E-state index contributed by atoms with van der Waals surface area (Å²) in [6, 6.07) is 0. The molecular formula is C6H10N4O. The van der Waals surface area contributed by atoms with Crippen LogP contribution in [0.4, 0.5) is 5.69 Å². The molecule has 1 aromatic heterocycles. The zero-order valence-electron chi connectivity index (χ0n) is 6.00. The lowest BCUT2D eigenvalue weighted by Crippen LogP contribution is -2.15. The molecule has 0 aromatic carbocycles. The molecular weight excluding hydrogens is 144 g/mol. The van der Waals surface area contributed by atoms with Gasteiger partial charge in [-0.2, -0.15) is 5.10 Å². The Morgan fingerprint density at radius 3 is 3.18 bits per heavy atom. The Morgan fingerprint density at radius 1 is 1.82 bits per heavy atom. The van der Waals surface area contributed by atoms with Crippen molar-refractivity contribution in [3.05, 3.63) is 12.4 Å². The number of rotatable bonds is 3. The van der Waals surface area contributed by atoms with Crippen LogP contribution in [0.3, 0.4) is 0 Å². The summed E-state index contributed by atoms with van der Waals surface area (Å²) >= 11 is 0. The molecule has 0 fully saturated rings. The van der Waals surface area contributed by atoms with Crippen LogP contribution >= 0.6 is 0 Å². The first kappa shape index (κ1) is 7.74. The second-order valence-corrected chi connectivity index (χ2v) is 2.07. The lowest BCUT2D eigenvalue weighted by molar-refractivity contribution is -0.116. The molecule has 0 unspecified atom stereocenters. The highest BCUT2D eigenvalue weighted by molar-refractivity contribution is 5.90. The van der Waals surface area contributed by atoms with Crippen LogP contribution in [0.25, 0.3) is 0 Å². The molecule has 1 amide bonds. The molecule has 0 aliphatic heterocycles.